The lowest BCUT2D eigenvalue weighted by atomic mass is 10.0. The van der Waals surface area contributed by atoms with Gasteiger partial charge in [-0.15, -0.1) is 0 Å². The van der Waals surface area contributed by atoms with Gasteiger partial charge in [-0.3, -0.25) is 14.4 Å². The van der Waals surface area contributed by atoms with E-state index < -0.39 is 6.10 Å². The average Bonchev–Trinajstić information content (AvgIpc) is 3.35. The highest BCUT2D eigenvalue weighted by Gasteiger charge is 2.19. The molecule has 0 spiro atoms. The zero-order chi connectivity index (χ0) is 50.0. The standard InChI is InChI=1S/C63H120O6/c1-4-7-10-13-16-19-21-23-25-27-29-30-31-32-33-34-36-37-39-41-44-47-50-53-56-62(65)68-59-60(58-67-61(64)55-52-49-46-43-18-15-12-9-6-3)69-63(66)57-54-51-48-45-42-40-38-35-28-26-24-22-20-17-14-11-8-5-2/h26,28,60H,4-25,27,29-59H2,1-3H3/b28-26-. The number of carbonyl (C=O) groups is 3. The Morgan fingerprint density at radius 1 is 0.275 bits per heavy atom. The number of esters is 3. The van der Waals surface area contributed by atoms with Gasteiger partial charge in [0.2, 0.25) is 0 Å². The van der Waals surface area contributed by atoms with Crippen LogP contribution in [0.15, 0.2) is 12.2 Å². The maximum absolute atomic E-state index is 12.8. The Morgan fingerprint density at radius 2 is 0.478 bits per heavy atom. The van der Waals surface area contributed by atoms with Crippen LogP contribution in [0.5, 0.6) is 0 Å². The van der Waals surface area contributed by atoms with Crippen molar-refractivity contribution in [1.29, 1.82) is 0 Å². The molecule has 408 valence electrons. The molecule has 0 rings (SSSR count). The van der Waals surface area contributed by atoms with E-state index in [9.17, 15) is 14.4 Å². The van der Waals surface area contributed by atoms with Crippen LogP contribution in [0, 0.1) is 0 Å². The van der Waals surface area contributed by atoms with Crippen LogP contribution in [-0.2, 0) is 28.6 Å². The van der Waals surface area contributed by atoms with Crippen molar-refractivity contribution in [2.24, 2.45) is 0 Å². The van der Waals surface area contributed by atoms with E-state index in [1.807, 2.05) is 0 Å². The van der Waals surface area contributed by atoms with Crippen LogP contribution in [0.25, 0.3) is 0 Å². The Labute approximate surface area is 431 Å². The van der Waals surface area contributed by atoms with Crippen molar-refractivity contribution in [3.8, 4) is 0 Å². The van der Waals surface area contributed by atoms with E-state index in [-0.39, 0.29) is 31.1 Å². The molecule has 0 aromatic rings. The Morgan fingerprint density at radius 3 is 0.725 bits per heavy atom. The highest BCUT2D eigenvalue weighted by molar-refractivity contribution is 5.71. The van der Waals surface area contributed by atoms with Crippen LogP contribution < -0.4 is 0 Å². The number of hydrogen-bond acceptors (Lipinski definition) is 6. The summed E-state index contributed by atoms with van der Waals surface area (Å²) in [5.74, 6) is -0.847. The number of rotatable bonds is 58. The average molecular weight is 974 g/mol. The van der Waals surface area contributed by atoms with E-state index in [0.29, 0.717) is 19.3 Å². The van der Waals surface area contributed by atoms with Crippen LogP contribution in [-0.4, -0.2) is 37.2 Å². The summed E-state index contributed by atoms with van der Waals surface area (Å²) in [6.07, 6.45) is 68.0. The molecule has 0 aliphatic carbocycles. The molecule has 0 aliphatic heterocycles. The van der Waals surface area contributed by atoms with Crippen LogP contribution in [0.3, 0.4) is 0 Å². The highest BCUT2D eigenvalue weighted by atomic mass is 16.6. The lowest BCUT2D eigenvalue weighted by Crippen LogP contribution is -2.30. The van der Waals surface area contributed by atoms with Crippen molar-refractivity contribution in [3.05, 3.63) is 12.2 Å². The normalized spacial score (nSPS) is 12.0. The first-order valence-corrected chi connectivity index (χ1v) is 31.2. The summed E-state index contributed by atoms with van der Waals surface area (Å²) in [6, 6.07) is 0. The molecular weight excluding hydrogens is 853 g/mol. The maximum atomic E-state index is 12.8. The number of ether oxygens (including phenoxy) is 3. The predicted molar refractivity (Wildman–Crippen MR) is 298 cm³/mol. The van der Waals surface area contributed by atoms with E-state index in [1.54, 1.807) is 0 Å². The second-order valence-corrected chi connectivity index (χ2v) is 21.3. The molecule has 0 aliphatic rings. The van der Waals surface area contributed by atoms with Crippen molar-refractivity contribution < 1.29 is 28.6 Å². The van der Waals surface area contributed by atoms with Crippen LogP contribution in [0.1, 0.15) is 355 Å². The monoisotopic (exact) mass is 973 g/mol. The lowest BCUT2D eigenvalue weighted by molar-refractivity contribution is -0.167. The molecule has 0 aromatic carbocycles. The number of allylic oxidation sites excluding steroid dienone is 2. The number of unbranched alkanes of at least 4 members (excludes halogenated alkanes) is 45. The van der Waals surface area contributed by atoms with Gasteiger partial charge in [0, 0.05) is 19.3 Å². The minimum atomic E-state index is -0.766. The summed E-state index contributed by atoms with van der Waals surface area (Å²) in [4.78, 5) is 38.1. The molecule has 1 atom stereocenters. The van der Waals surface area contributed by atoms with E-state index >= 15 is 0 Å². The molecule has 0 N–H and O–H groups in total. The molecule has 69 heavy (non-hydrogen) atoms. The fraction of sp³-hybridized carbons (Fsp3) is 0.921. The van der Waals surface area contributed by atoms with E-state index in [4.69, 9.17) is 14.2 Å². The first kappa shape index (κ1) is 67.1. The molecule has 6 nitrogen and oxygen atoms in total. The van der Waals surface area contributed by atoms with Crippen LogP contribution >= 0.6 is 0 Å². The molecular formula is C63H120O6. The Bertz CT molecular complexity index is 1070. The zero-order valence-electron chi connectivity index (χ0n) is 46.9. The Balaban J connectivity index is 4.15. The third-order valence-corrected chi connectivity index (χ3v) is 14.3. The Kier molecular flexibility index (Phi) is 57.1. The fourth-order valence-electron chi connectivity index (χ4n) is 9.56. The number of hydrogen-bond donors (Lipinski definition) is 0. The molecule has 0 amide bonds. The quantitative estimate of drug-likeness (QED) is 0.0261. The van der Waals surface area contributed by atoms with Crippen molar-refractivity contribution in [2.75, 3.05) is 13.2 Å². The molecule has 0 saturated heterocycles. The van der Waals surface area contributed by atoms with Gasteiger partial charge in [0.15, 0.2) is 6.10 Å². The van der Waals surface area contributed by atoms with E-state index in [2.05, 4.69) is 32.9 Å². The second-order valence-electron chi connectivity index (χ2n) is 21.3. The van der Waals surface area contributed by atoms with E-state index in [0.717, 1.165) is 57.8 Å². The van der Waals surface area contributed by atoms with Crippen LogP contribution in [0.2, 0.25) is 0 Å². The molecule has 6 heteroatoms. The third kappa shape index (κ3) is 56.9. The van der Waals surface area contributed by atoms with Crippen molar-refractivity contribution in [3.63, 3.8) is 0 Å². The van der Waals surface area contributed by atoms with Gasteiger partial charge in [0.25, 0.3) is 0 Å². The van der Waals surface area contributed by atoms with Gasteiger partial charge in [-0.25, -0.2) is 0 Å². The molecule has 0 aromatic heterocycles. The molecule has 0 radical (unpaired) electrons. The summed E-state index contributed by atoms with van der Waals surface area (Å²) < 4.78 is 16.9. The van der Waals surface area contributed by atoms with Gasteiger partial charge >= 0.3 is 17.9 Å². The fourth-order valence-corrected chi connectivity index (χ4v) is 9.56. The first-order valence-electron chi connectivity index (χ1n) is 31.2. The molecule has 1 unspecified atom stereocenters. The number of carbonyl (C=O) groups excluding carboxylic acids is 3. The SMILES string of the molecule is CCCCCCCCC/C=C\CCCCCCCCCC(=O)OC(COC(=O)CCCCCCCCCCC)COC(=O)CCCCCCCCCCCCCCCCCCCCCCCCCC. The Hall–Kier alpha value is -1.85. The molecule has 0 heterocycles. The summed E-state index contributed by atoms with van der Waals surface area (Å²) in [7, 11) is 0. The van der Waals surface area contributed by atoms with Gasteiger partial charge in [-0.1, -0.05) is 303 Å². The summed E-state index contributed by atoms with van der Waals surface area (Å²) in [6.45, 7) is 6.68. The van der Waals surface area contributed by atoms with Gasteiger partial charge in [-0.05, 0) is 44.9 Å². The van der Waals surface area contributed by atoms with Gasteiger partial charge in [0.1, 0.15) is 13.2 Å². The molecule has 0 saturated carbocycles. The molecule has 0 bridgehead atoms. The molecule has 0 fully saturated rings. The van der Waals surface area contributed by atoms with Gasteiger partial charge in [-0.2, -0.15) is 0 Å². The van der Waals surface area contributed by atoms with Crippen molar-refractivity contribution >= 4 is 17.9 Å². The van der Waals surface area contributed by atoms with Crippen molar-refractivity contribution in [2.45, 2.75) is 361 Å². The minimum absolute atomic E-state index is 0.0659. The maximum Gasteiger partial charge on any atom is 0.306 e. The summed E-state index contributed by atoms with van der Waals surface area (Å²) in [5.41, 5.74) is 0. The third-order valence-electron chi connectivity index (χ3n) is 14.3. The predicted octanol–water partition coefficient (Wildman–Crippen LogP) is 20.9. The highest BCUT2D eigenvalue weighted by Crippen LogP contribution is 2.18. The lowest BCUT2D eigenvalue weighted by Gasteiger charge is -2.18. The van der Waals surface area contributed by atoms with E-state index in [1.165, 1.54) is 257 Å². The second kappa shape index (κ2) is 58.7. The van der Waals surface area contributed by atoms with Crippen LogP contribution in [0.4, 0.5) is 0 Å². The smallest absolute Gasteiger partial charge is 0.306 e. The first-order chi connectivity index (χ1) is 34.0. The van der Waals surface area contributed by atoms with Gasteiger partial charge in [0.05, 0.1) is 0 Å². The summed E-state index contributed by atoms with van der Waals surface area (Å²) in [5, 5.41) is 0. The largest absolute Gasteiger partial charge is 0.462 e. The van der Waals surface area contributed by atoms with Crippen molar-refractivity contribution in [1.82, 2.24) is 0 Å². The minimum Gasteiger partial charge on any atom is -0.462 e. The summed E-state index contributed by atoms with van der Waals surface area (Å²) >= 11 is 0. The topological polar surface area (TPSA) is 78.9 Å². The zero-order valence-corrected chi connectivity index (χ0v) is 46.9. The van der Waals surface area contributed by atoms with Gasteiger partial charge < -0.3 is 14.2 Å².